The Morgan fingerprint density at radius 2 is 1.81 bits per heavy atom. The molecule has 0 atom stereocenters. The van der Waals surface area contributed by atoms with Crippen molar-refractivity contribution in [3.05, 3.63) is 75.0 Å². The number of carbonyl (C=O) groups is 2. The molecule has 0 spiro atoms. The number of carbonyl (C=O) groups excluding carboxylic acids is 2. The molecule has 9 nitrogen and oxygen atoms in total. The van der Waals surface area contributed by atoms with Crippen molar-refractivity contribution < 1.29 is 31.9 Å². The molecule has 2 aromatic carbocycles. The highest BCUT2D eigenvalue weighted by molar-refractivity contribution is 7.89. The molecule has 198 valence electrons. The molecule has 2 amide bonds. The fraction of sp³-hybridized carbons (Fsp3) is 0.320. The second-order valence-corrected chi connectivity index (χ2v) is 11.0. The summed E-state index contributed by atoms with van der Waals surface area (Å²) in [5.41, 5.74) is 1.84. The summed E-state index contributed by atoms with van der Waals surface area (Å²) in [4.78, 5) is 31.5. The second kappa shape index (κ2) is 12.2. The summed E-state index contributed by atoms with van der Waals surface area (Å²) < 4.78 is 49.0. The maximum absolute atomic E-state index is 13.6. The van der Waals surface area contributed by atoms with Crippen LogP contribution in [-0.4, -0.2) is 57.1 Å². The molecule has 1 N–H and O–H groups in total. The number of aryl methyl sites for hydroxylation is 1. The van der Waals surface area contributed by atoms with Gasteiger partial charge in [0.1, 0.15) is 28.0 Å². The molecule has 0 saturated carbocycles. The van der Waals surface area contributed by atoms with Crippen LogP contribution >= 0.6 is 11.3 Å². The standard InChI is InChI=1S/C25H28FN3O6S2/c1-16-21(34-2)12-18(13-22(16)35-3)25(31)29(10-6-8-17-7-5-9-19(26)11-17)14-23-27-20(15-36-23)24(30)28-37(4,32)33/h5,7,9,11-13,15H,6,8,10,14H2,1-4H3,(H,28,30). The number of aromatic nitrogens is 1. The van der Waals surface area contributed by atoms with Crippen LogP contribution in [0.25, 0.3) is 0 Å². The first-order valence-corrected chi connectivity index (χ1v) is 14.0. The Morgan fingerprint density at radius 1 is 1.14 bits per heavy atom. The molecule has 12 heteroatoms. The SMILES string of the molecule is COc1cc(C(=O)N(CCCc2cccc(F)c2)Cc2nc(C(=O)NS(C)(=O)=O)cs2)cc(OC)c1C. The number of methoxy groups -OCH3 is 2. The molecule has 0 aliphatic carbocycles. The number of hydrogen-bond acceptors (Lipinski definition) is 8. The Bertz CT molecular complexity index is 1370. The van der Waals surface area contributed by atoms with E-state index in [1.165, 1.54) is 31.7 Å². The Hall–Kier alpha value is -3.51. The third kappa shape index (κ3) is 7.73. The molecule has 3 aromatic rings. The molecule has 0 aliphatic rings. The number of ether oxygens (including phenoxy) is 2. The van der Waals surface area contributed by atoms with E-state index in [1.54, 1.807) is 23.1 Å². The van der Waals surface area contributed by atoms with Gasteiger partial charge in [0.15, 0.2) is 0 Å². The third-order valence-corrected chi connectivity index (χ3v) is 6.85. The molecule has 0 aliphatic heterocycles. The number of nitrogens with zero attached hydrogens (tertiary/aromatic N) is 2. The van der Waals surface area contributed by atoms with Crippen molar-refractivity contribution in [2.45, 2.75) is 26.3 Å². The van der Waals surface area contributed by atoms with Gasteiger partial charge in [-0.15, -0.1) is 11.3 Å². The van der Waals surface area contributed by atoms with Gasteiger partial charge in [0.2, 0.25) is 10.0 Å². The number of nitrogens with one attached hydrogen (secondary N) is 1. The molecule has 0 bridgehead atoms. The fourth-order valence-corrected chi connectivity index (χ4v) is 4.91. The van der Waals surface area contributed by atoms with Crippen molar-refractivity contribution in [2.75, 3.05) is 27.0 Å². The van der Waals surface area contributed by atoms with E-state index in [0.29, 0.717) is 41.5 Å². The van der Waals surface area contributed by atoms with Gasteiger partial charge in [-0.3, -0.25) is 9.59 Å². The van der Waals surface area contributed by atoms with Crippen LogP contribution < -0.4 is 14.2 Å². The number of thiazole rings is 1. The Kier molecular flexibility index (Phi) is 9.22. The van der Waals surface area contributed by atoms with Gasteiger partial charge < -0.3 is 14.4 Å². The van der Waals surface area contributed by atoms with Crippen LogP contribution in [0, 0.1) is 12.7 Å². The number of amides is 2. The molecule has 1 heterocycles. The van der Waals surface area contributed by atoms with Gasteiger partial charge in [-0.1, -0.05) is 12.1 Å². The van der Waals surface area contributed by atoms with E-state index >= 15 is 0 Å². The van der Waals surface area contributed by atoms with Crippen LogP contribution in [0.5, 0.6) is 11.5 Å². The van der Waals surface area contributed by atoms with E-state index in [4.69, 9.17) is 9.47 Å². The molecule has 0 unspecified atom stereocenters. The quantitative estimate of drug-likeness (QED) is 0.389. The number of sulfonamides is 1. The molecular weight excluding hydrogens is 521 g/mol. The summed E-state index contributed by atoms with van der Waals surface area (Å²) in [5, 5.41) is 1.88. The molecule has 1 aromatic heterocycles. The minimum atomic E-state index is -3.74. The zero-order valence-corrected chi connectivity index (χ0v) is 22.5. The van der Waals surface area contributed by atoms with Crippen LogP contribution in [0.2, 0.25) is 0 Å². The molecular formula is C25H28FN3O6S2. The molecule has 0 radical (unpaired) electrons. The first kappa shape index (κ1) is 28.1. The molecule has 3 rings (SSSR count). The first-order valence-electron chi connectivity index (χ1n) is 11.2. The van der Waals surface area contributed by atoms with Crippen LogP contribution in [0.4, 0.5) is 4.39 Å². The van der Waals surface area contributed by atoms with Gasteiger partial charge in [-0.25, -0.2) is 22.5 Å². The summed E-state index contributed by atoms with van der Waals surface area (Å²) in [6.07, 6.45) is 1.96. The highest BCUT2D eigenvalue weighted by Crippen LogP contribution is 2.30. The topological polar surface area (TPSA) is 115 Å². The second-order valence-electron chi connectivity index (χ2n) is 8.30. The predicted molar refractivity (Wildman–Crippen MR) is 138 cm³/mol. The van der Waals surface area contributed by atoms with Gasteiger partial charge in [-0.2, -0.15) is 0 Å². The minimum absolute atomic E-state index is 0.0590. The van der Waals surface area contributed by atoms with Gasteiger partial charge in [0, 0.05) is 23.1 Å². The first-order chi connectivity index (χ1) is 17.5. The van der Waals surface area contributed by atoms with E-state index in [0.717, 1.165) is 28.7 Å². The van der Waals surface area contributed by atoms with Crippen molar-refractivity contribution in [1.29, 1.82) is 0 Å². The zero-order valence-electron chi connectivity index (χ0n) is 20.9. The lowest BCUT2D eigenvalue weighted by Crippen LogP contribution is -2.32. The molecule has 37 heavy (non-hydrogen) atoms. The lowest BCUT2D eigenvalue weighted by atomic mass is 10.1. The smallest absolute Gasteiger partial charge is 0.284 e. The lowest BCUT2D eigenvalue weighted by molar-refractivity contribution is 0.0740. The Morgan fingerprint density at radius 3 is 2.41 bits per heavy atom. The highest BCUT2D eigenvalue weighted by atomic mass is 32.2. The summed E-state index contributed by atoms with van der Waals surface area (Å²) >= 11 is 1.13. The summed E-state index contributed by atoms with van der Waals surface area (Å²) in [7, 11) is -0.732. The number of rotatable bonds is 11. The highest BCUT2D eigenvalue weighted by Gasteiger charge is 2.22. The fourth-order valence-electron chi connectivity index (χ4n) is 3.68. The van der Waals surface area contributed by atoms with E-state index < -0.39 is 15.9 Å². The monoisotopic (exact) mass is 549 g/mol. The zero-order chi connectivity index (χ0) is 27.2. The third-order valence-electron chi connectivity index (χ3n) is 5.46. The molecule has 0 saturated heterocycles. The summed E-state index contributed by atoms with van der Waals surface area (Å²) in [6.45, 7) is 2.22. The average Bonchev–Trinajstić information content (AvgIpc) is 3.31. The van der Waals surface area contributed by atoms with Gasteiger partial charge in [0.25, 0.3) is 11.8 Å². The van der Waals surface area contributed by atoms with Crippen LogP contribution in [-0.2, 0) is 23.0 Å². The van der Waals surface area contributed by atoms with Crippen LogP contribution in [0.1, 0.15) is 43.4 Å². The van der Waals surface area contributed by atoms with Crippen molar-refractivity contribution in [2.24, 2.45) is 0 Å². The normalized spacial score (nSPS) is 11.2. The van der Waals surface area contributed by atoms with Gasteiger partial charge in [-0.05, 0) is 49.6 Å². The van der Waals surface area contributed by atoms with Crippen LogP contribution in [0.3, 0.4) is 0 Å². The number of halogens is 1. The number of hydrogen-bond donors (Lipinski definition) is 1. The maximum Gasteiger partial charge on any atom is 0.284 e. The van der Waals surface area contributed by atoms with E-state index in [2.05, 4.69) is 4.98 Å². The predicted octanol–water partition coefficient (Wildman–Crippen LogP) is 3.57. The molecule has 0 fully saturated rings. The minimum Gasteiger partial charge on any atom is -0.496 e. The summed E-state index contributed by atoms with van der Waals surface area (Å²) in [5.74, 6) is -0.491. The lowest BCUT2D eigenvalue weighted by Gasteiger charge is -2.23. The van der Waals surface area contributed by atoms with Crippen molar-refractivity contribution >= 4 is 33.2 Å². The van der Waals surface area contributed by atoms with Crippen molar-refractivity contribution in [3.63, 3.8) is 0 Å². The van der Waals surface area contributed by atoms with E-state index in [9.17, 15) is 22.4 Å². The van der Waals surface area contributed by atoms with E-state index in [1.807, 2.05) is 17.7 Å². The van der Waals surface area contributed by atoms with E-state index in [-0.39, 0.29) is 24.0 Å². The average molecular weight is 550 g/mol. The largest absolute Gasteiger partial charge is 0.496 e. The summed E-state index contributed by atoms with van der Waals surface area (Å²) in [6, 6.07) is 9.54. The van der Waals surface area contributed by atoms with Crippen molar-refractivity contribution in [1.82, 2.24) is 14.6 Å². The van der Waals surface area contributed by atoms with Gasteiger partial charge in [0.05, 0.1) is 27.0 Å². The Labute approximate surface area is 219 Å². The van der Waals surface area contributed by atoms with Gasteiger partial charge >= 0.3 is 0 Å². The van der Waals surface area contributed by atoms with Crippen LogP contribution in [0.15, 0.2) is 41.8 Å². The van der Waals surface area contributed by atoms with Crippen molar-refractivity contribution in [3.8, 4) is 11.5 Å². The Balaban J connectivity index is 1.85. The maximum atomic E-state index is 13.6. The number of benzene rings is 2.